The summed E-state index contributed by atoms with van der Waals surface area (Å²) >= 11 is 0. The number of carboxylic acid groups (broad SMARTS) is 1. The van der Waals surface area contributed by atoms with Gasteiger partial charge in [-0.15, -0.1) is 0 Å². The highest BCUT2D eigenvalue weighted by Crippen LogP contribution is 2.30. The smallest absolute Gasteiger partial charge is 0.303 e. The molecule has 0 aromatic heterocycles. The number of carboxylic acids is 1. The summed E-state index contributed by atoms with van der Waals surface area (Å²) in [5, 5.41) is 11.7. The number of hydrogen-bond donors (Lipinski definition) is 2. The van der Waals surface area contributed by atoms with Crippen LogP contribution in [-0.4, -0.2) is 47.5 Å². The summed E-state index contributed by atoms with van der Waals surface area (Å²) in [4.78, 5) is 36.5. The number of aliphatic carboxylic acids is 1. The molecule has 1 aliphatic carbocycles. The average molecular weight is 360 g/mol. The van der Waals surface area contributed by atoms with Gasteiger partial charge in [-0.2, -0.15) is 0 Å². The predicted molar refractivity (Wildman–Crippen MR) is 94.8 cm³/mol. The third-order valence-corrected chi connectivity index (χ3v) is 4.84. The summed E-state index contributed by atoms with van der Waals surface area (Å²) < 4.78 is 5.57. The number of nitrogens with one attached hydrogen (secondary N) is 1. The molecule has 1 heterocycles. The van der Waals surface area contributed by atoms with Gasteiger partial charge >= 0.3 is 5.97 Å². The lowest BCUT2D eigenvalue weighted by Gasteiger charge is -2.31. The number of carbonyl (C=O) groups excluding carboxylic acids is 2. The molecule has 1 saturated heterocycles. The van der Waals surface area contributed by atoms with Crippen LogP contribution in [-0.2, 0) is 14.4 Å². The van der Waals surface area contributed by atoms with Crippen molar-refractivity contribution < 1.29 is 24.2 Å². The normalized spacial score (nSPS) is 17.6. The number of anilines is 1. The molecule has 2 aliphatic rings. The molecule has 0 unspecified atom stereocenters. The molecule has 0 bridgehead atoms. The molecule has 1 saturated carbocycles. The fraction of sp³-hybridized carbons (Fsp3) is 0.526. The van der Waals surface area contributed by atoms with Gasteiger partial charge in [-0.05, 0) is 43.7 Å². The Morgan fingerprint density at radius 1 is 1.15 bits per heavy atom. The maximum absolute atomic E-state index is 12.3. The third kappa shape index (κ3) is 5.21. The van der Waals surface area contributed by atoms with E-state index in [2.05, 4.69) is 5.32 Å². The molecular weight excluding hydrogens is 336 g/mol. The minimum absolute atomic E-state index is 0.0301. The number of carbonyl (C=O) groups is 3. The zero-order valence-corrected chi connectivity index (χ0v) is 14.6. The second kappa shape index (κ2) is 8.21. The van der Waals surface area contributed by atoms with Crippen LogP contribution in [0.3, 0.4) is 0 Å². The Morgan fingerprint density at radius 2 is 1.88 bits per heavy atom. The SMILES string of the molecule is O=C(O)CC1CCN(C(=O)COc2cccc(NC(=O)C3CC3)c2)CC1. The Balaban J connectivity index is 1.44. The molecule has 2 N–H and O–H groups in total. The Hall–Kier alpha value is -2.57. The van der Waals surface area contributed by atoms with Crippen molar-refractivity contribution in [1.82, 2.24) is 4.90 Å². The lowest BCUT2D eigenvalue weighted by molar-refractivity contribution is -0.139. The Morgan fingerprint density at radius 3 is 2.54 bits per heavy atom. The zero-order chi connectivity index (χ0) is 18.5. The molecule has 140 valence electrons. The standard InChI is InChI=1S/C19H24N2O5/c22-17(21-8-6-13(7-9-21)10-18(23)24)12-26-16-3-1-2-15(11-16)20-19(25)14-4-5-14/h1-3,11,13-14H,4-10,12H2,(H,20,25)(H,23,24). The summed E-state index contributed by atoms with van der Waals surface area (Å²) in [5.41, 5.74) is 0.668. The van der Waals surface area contributed by atoms with Crippen LogP contribution in [0.1, 0.15) is 32.1 Å². The van der Waals surface area contributed by atoms with Gasteiger partial charge in [0.1, 0.15) is 5.75 Å². The van der Waals surface area contributed by atoms with Gasteiger partial charge in [0.2, 0.25) is 5.91 Å². The van der Waals surface area contributed by atoms with E-state index in [4.69, 9.17) is 9.84 Å². The van der Waals surface area contributed by atoms with E-state index in [1.54, 1.807) is 29.2 Å². The quantitative estimate of drug-likeness (QED) is 0.776. The van der Waals surface area contributed by atoms with Crippen LogP contribution in [0.2, 0.25) is 0 Å². The molecular formula is C19H24N2O5. The molecule has 0 radical (unpaired) electrons. The molecule has 0 spiro atoms. The highest BCUT2D eigenvalue weighted by atomic mass is 16.5. The van der Waals surface area contributed by atoms with Crippen molar-refractivity contribution in [3.05, 3.63) is 24.3 Å². The van der Waals surface area contributed by atoms with Crippen LogP contribution in [0.15, 0.2) is 24.3 Å². The van der Waals surface area contributed by atoms with Gasteiger partial charge in [-0.3, -0.25) is 14.4 Å². The Bertz CT molecular complexity index is 678. The van der Waals surface area contributed by atoms with E-state index >= 15 is 0 Å². The maximum Gasteiger partial charge on any atom is 0.303 e. The largest absolute Gasteiger partial charge is 0.484 e. The van der Waals surface area contributed by atoms with E-state index in [1.165, 1.54) is 0 Å². The van der Waals surface area contributed by atoms with Gasteiger partial charge < -0.3 is 20.1 Å². The van der Waals surface area contributed by atoms with Crippen molar-refractivity contribution in [3.8, 4) is 5.75 Å². The van der Waals surface area contributed by atoms with Crippen molar-refractivity contribution in [2.75, 3.05) is 25.0 Å². The molecule has 7 heteroatoms. The lowest BCUT2D eigenvalue weighted by Crippen LogP contribution is -2.41. The molecule has 1 aromatic carbocycles. The predicted octanol–water partition coefficient (Wildman–Crippen LogP) is 2.13. The molecule has 2 fully saturated rings. The van der Waals surface area contributed by atoms with Crippen LogP contribution in [0.25, 0.3) is 0 Å². The van der Waals surface area contributed by atoms with E-state index < -0.39 is 5.97 Å². The van der Waals surface area contributed by atoms with Crippen molar-refractivity contribution in [2.45, 2.75) is 32.1 Å². The topological polar surface area (TPSA) is 95.9 Å². The van der Waals surface area contributed by atoms with E-state index in [1.807, 2.05) is 0 Å². The molecule has 3 rings (SSSR count). The fourth-order valence-corrected chi connectivity index (χ4v) is 3.12. The van der Waals surface area contributed by atoms with Crippen LogP contribution >= 0.6 is 0 Å². The van der Waals surface area contributed by atoms with Gasteiger partial charge in [-0.1, -0.05) is 6.07 Å². The number of ether oxygens (including phenoxy) is 1. The molecule has 26 heavy (non-hydrogen) atoms. The van der Waals surface area contributed by atoms with E-state index in [0.717, 1.165) is 12.8 Å². The number of hydrogen-bond acceptors (Lipinski definition) is 4. The van der Waals surface area contributed by atoms with Crippen molar-refractivity contribution in [3.63, 3.8) is 0 Å². The van der Waals surface area contributed by atoms with Crippen LogP contribution in [0.4, 0.5) is 5.69 Å². The van der Waals surface area contributed by atoms with E-state index in [0.29, 0.717) is 37.4 Å². The summed E-state index contributed by atoms with van der Waals surface area (Å²) in [6.07, 6.45) is 3.47. The van der Waals surface area contributed by atoms with Crippen LogP contribution < -0.4 is 10.1 Å². The van der Waals surface area contributed by atoms with E-state index in [9.17, 15) is 14.4 Å². The van der Waals surface area contributed by atoms with E-state index in [-0.39, 0.29) is 36.7 Å². The number of nitrogens with zero attached hydrogens (tertiary/aromatic N) is 1. The van der Waals surface area contributed by atoms with Gasteiger partial charge in [0.15, 0.2) is 6.61 Å². The van der Waals surface area contributed by atoms with Gasteiger partial charge in [0, 0.05) is 37.2 Å². The van der Waals surface area contributed by atoms with Crippen molar-refractivity contribution in [2.24, 2.45) is 11.8 Å². The maximum atomic E-state index is 12.3. The first-order valence-corrected chi connectivity index (χ1v) is 9.04. The highest BCUT2D eigenvalue weighted by molar-refractivity contribution is 5.94. The first-order valence-electron chi connectivity index (χ1n) is 9.04. The summed E-state index contributed by atoms with van der Waals surface area (Å²) in [7, 11) is 0. The summed E-state index contributed by atoms with van der Waals surface area (Å²) in [5.74, 6) is -0.0532. The molecule has 1 aromatic rings. The molecule has 1 aliphatic heterocycles. The minimum atomic E-state index is -0.785. The number of amides is 2. The van der Waals surface area contributed by atoms with Gasteiger partial charge in [-0.25, -0.2) is 0 Å². The second-order valence-corrected chi connectivity index (χ2v) is 7.00. The van der Waals surface area contributed by atoms with Gasteiger partial charge in [0.05, 0.1) is 0 Å². The van der Waals surface area contributed by atoms with Gasteiger partial charge in [0.25, 0.3) is 5.91 Å². The van der Waals surface area contributed by atoms with Crippen molar-refractivity contribution in [1.29, 1.82) is 0 Å². The highest BCUT2D eigenvalue weighted by Gasteiger charge is 2.29. The second-order valence-electron chi connectivity index (χ2n) is 7.00. The Kier molecular flexibility index (Phi) is 5.75. The number of benzene rings is 1. The molecule has 7 nitrogen and oxygen atoms in total. The number of likely N-dealkylation sites (tertiary alicyclic amines) is 1. The van der Waals surface area contributed by atoms with Crippen LogP contribution in [0, 0.1) is 11.8 Å². The zero-order valence-electron chi connectivity index (χ0n) is 14.6. The molecule has 0 atom stereocenters. The molecule has 2 amide bonds. The first kappa shape index (κ1) is 18.2. The summed E-state index contributed by atoms with van der Waals surface area (Å²) in [6, 6.07) is 7.04. The fourth-order valence-electron chi connectivity index (χ4n) is 3.12. The summed E-state index contributed by atoms with van der Waals surface area (Å²) in [6.45, 7) is 1.07. The monoisotopic (exact) mass is 360 g/mol. The minimum Gasteiger partial charge on any atom is -0.484 e. The Labute approximate surface area is 152 Å². The number of rotatable bonds is 7. The number of piperidine rings is 1. The third-order valence-electron chi connectivity index (χ3n) is 4.84. The lowest BCUT2D eigenvalue weighted by atomic mass is 9.94. The first-order chi connectivity index (χ1) is 12.5. The van der Waals surface area contributed by atoms with Crippen LogP contribution in [0.5, 0.6) is 5.75 Å². The average Bonchev–Trinajstić information content (AvgIpc) is 3.45. The van der Waals surface area contributed by atoms with Crippen molar-refractivity contribution >= 4 is 23.5 Å².